The number of rotatable bonds is 6. The molecule has 0 radical (unpaired) electrons. The van der Waals surface area contributed by atoms with Gasteiger partial charge in [0.05, 0.1) is 22.9 Å². The molecular weight excluding hydrogens is 309 g/mol. The molecule has 1 aromatic carbocycles. The molecule has 0 aliphatic rings. The number of halogens is 2. The van der Waals surface area contributed by atoms with Crippen LogP contribution in [0.1, 0.15) is 12.0 Å². The third-order valence-corrected chi connectivity index (χ3v) is 3.10. The molecular formula is C12H11Cl2NO5. The van der Waals surface area contributed by atoms with Gasteiger partial charge < -0.3 is 15.5 Å². The Balaban J connectivity index is 2.67. The van der Waals surface area contributed by atoms with E-state index in [-0.39, 0.29) is 11.4 Å². The van der Waals surface area contributed by atoms with Crippen molar-refractivity contribution in [3.8, 4) is 0 Å². The van der Waals surface area contributed by atoms with Crippen molar-refractivity contribution < 1.29 is 24.6 Å². The summed E-state index contributed by atoms with van der Waals surface area (Å²) in [6.45, 7) is 0. The van der Waals surface area contributed by atoms with E-state index in [1.165, 1.54) is 12.1 Å². The second-order valence-corrected chi connectivity index (χ2v) is 4.80. The molecule has 8 heteroatoms. The van der Waals surface area contributed by atoms with E-state index in [0.717, 1.165) is 0 Å². The van der Waals surface area contributed by atoms with Crippen LogP contribution < -0.4 is 5.32 Å². The van der Waals surface area contributed by atoms with E-state index < -0.39 is 30.3 Å². The van der Waals surface area contributed by atoms with Gasteiger partial charge in [0.15, 0.2) is 0 Å². The van der Waals surface area contributed by atoms with Crippen LogP contribution in [0, 0.1) is 0 Å². The predicted octanol–water partition coefficient (Wildman–Crippen LogP) is 1.58. The van der Waals surface area contributed by atoms with Crippen molar-refractivity contribution in [3.05, 3.63) is 33.8 Å². The normalized spacial score (nSPS) is 11.7. The fourth-order valence-electron chi connectivity index (χ4n) is 1.46. The maximum Gasteiger partial charge on any atom is 0.326 e. The van der Waals surface area contributed by atoms with Crippen LogP contribution in [0.2, 0.25) is 10.0 Å². The largest absolute Gasteiger partial charge is 0.481 e. The molecule has 0 aromatic heterocycles. The van der Waals surface area contributed by atoms with Crippen LogP contribution in [0.4, 0.5) is 0 Å². The Bertz CT molecular complexity index is 547. The van der Waals surface area contributed by atoms with Crippen molar-refractivity contribution in [3.63, 3.8) is 0 Å². The average molecular weight is 320 g/mol. The number of aliphatic carboxylic acids is 2. The van der Waals surface area contributed by atoms with Crippen LogP contribution in [0.25, 0.3) is 0 Å². The first kappa shape index (κ1) is 16.3. The Labute approximate surface area is 124 Å². The Morgan fingerprint density at radius 3 is 2.30 bits per heavy atom. The zero-order valence-corrected chi connectivity index (χ0v) is 11.6. The summed E-state index contributed by atoms with van der Waals surface area (Å²) in [5.74, 6) is -3.33. The topological polar surface area (TPSA) is 104 Å². The standard InChI is InChI=1S/C12H11Cl2NO5/c13-7-2-1-6(3-8(7)14)4-10(16)15-9(12(19)20)5-11(17)18/h1-3,9H,4-5H2,(H,15,16)(H,17,18)(H,19,20)/t9-/m0/s1. The van der Waals surface area contributed by atoms with E-state index in [4.69, 9.17) is 33.4 Å². The molecule has 0 heterocycles. The Hall–Kier alpha value is -1.79. The van der Waals surface area contributed by atoms with Gasteiger partial charge in [0.1, 0.15) is 6.04 Å². The van der Waals surface area contributed by atoms with E-state index in [1.54, 1.807) is 6.07 Å². The van der Waals surface area contributed by atoms with Crippen LogP contribution in [0.15, 0.2) is 18.2 Å². The van der Waals surface area contributed by atoms with Gasteiger partial charge in [-0.15, -0.1) is 0 Å². The van der Waals surface area contributed by atoms with Gasteiger partial charge in [-0.25, -0.2) is 4.79 Å². The quantitative estimate of drug-likeness (QED) is 0.738. The Morgan fingerprint density at radius 2 is 1.80 bits per heavy atom. The molecule has 1 aromatic rings. The Morgan fingerprint density at radius 1 is 1.15 bits per heavy atom. The first-order valence-corrected chi connectivity index (χ1v) is 6.23. The lowest BCUT2D eigenvalue weighted by atomic mass is 10.1. The summed E-state index contributed by atoms with van der Waals surface area (Å²) in [6.07, 6.45) is -0.817. The van der Waals surface area contributed by atoms with Crippen molar-refractivity contribution in [1.82, 2.24) is 5.32 Å². The van der Waals surface area contributed by atoms with E-state index in [9.17, 15) is 14.4 Å². The summed E-state index contributed by atoms with van der Waals surface area (Å²) in [5.41, 5.74) is 0.538. The van der Waals surface area contributed by atoms with Gasteiger partial charge in [-0.05, 0) is 17.7 Å². The van der Waals surface area contributed by atoms with Crippen LogP contribution >= 0.6 is 23.2 Å². The highest BCUT2D eigenvalue weighted by molar-refractivity contribution is 6.42. The number of carboxylic acids is 2. The molecule has 6 nitrogen and oxygen atoms in total. The number of nitrogens with one attached hydrogen (secondary N) is 1. The molecule has 3 N–H and O–H groups in total. The third-order valence-electron chi connectivity index (χ3n) is 2.36. The van der Waals surface area contributed by atoms with Gasteiger partial charge in [-0.1, -0.05) is 29.3 Å². The lowest BCUT2D eigenvalue weighted by Gasteiger charge is -2.12. The lowest BCUT2D eigenvalue weighted by molar-refractivity contribution is -0.147. The zero-order chi connectivity index (χ0) is 15.3. The maximum absolute atomic E-state index is 11.7. The lowest BCUT2D eigenvalue weighted by Crippen LogP contribution is -2.42. The first-order valence-electron chi connectivity index (χ1n) is 5.47. The second-order valence-electron chi connectivity index (χ2n) is 3.98. The van der Waals surface area contributed by atoms with Crippen LogP contribution in [0.5, 0.6) is 0 Å². The van der Waals surface area contributed by atoms with Crippen molar-refractivity contribution >= 4 is 41.0 Å². The monoisotopic (exact) mass is 319 g/mol. The summed E-state index contributed by atoms with van der Waals surface area (Å²) in [4.78, 5) is 33.0. The predicted molar refractivity (Wildman–Crippen MR) is 72.0 cm³/mol. The van der Waals surface area contributed by atoms with Gasteiger partial charge >= 0.3 is 11.9 Å². The van der Waals surface area contributed by atoms with E-state index in [1.807, 2.05) is 0 Å². The van der Waals surface area contributed by atoms with Gasteiger partial charge in [0.2, 0.25) is 5.91 Å². The molecule has 1 amide bonds. The van der Waals surface area contributed by atoms with Gasteiger partial charge in [-0.3, -0.25) is 9.59 Å². The highest BCUT2D eigenvalue weighted by atomic mass is 35.5. The molecule has 0 unspecified atom stereocenters. The van der Waals surface area contributed by atoms with Gasteiger partial charge in [0.25, 0.3) is 0 Å². The van der Waals surface area contributed by atoms with Gasteiger partial charge in [-0.2, -0.15) is 0 Å². The molecule has 0 aliphatic heterocycles. The number of carbonyl (C=O) groups excluding carboxylic acids is 1. The number of carboxylic acid groups (broad SMARTS) is 2. The van der Waals surface area contributed by atoms with E-state index in [0.29, 0.717) is 10.6 Å². The van der Waals surface area contributed by atoms with Gasteiger partial charge in [0, 0.05) is 0 Å². The zero-order valence-electron chi connectivity index (χ0n) is 10.1. The van der Waals surface area contributed by atoms with Crippen LogP contribution in [0.3, 0.4) is 0 Å². The average Bonchev–Trinajstić information content (AvgIpc) is 2.32. The Kier molecular flexibility index (Phi) is 5.79. The highest BCUT2D eigenvalue weighted by Gasteiger charge is 2.22. The molecule has 1 rings (SSSR count). The van der Waals surface area contributed by atoms with Crippen molar-refractivity contribution in [2.75, 3.05) is 0 Å². The number of benzene rings is 1. The number of carbonyl (C=O) groups is 3. The summed E-state index contributed by atoms with van der Waals surface area (Å²) >= 11 is 11.5. The van der Waals surface area contributed by atoms with Crippen LogP contribution in [-0.4, -0.2) is 34.1 Å². The second kappa shape index (κ2) is 7.12. The smallest absolute Gasteiger partial charge is 0.326 e. The molecule has 0 aliphatic carbocycles. The molecule has 0 saturated carbocycles. The molecule has 0 spiro atoms. The minimum absolute atomic E-state index is 0.125. The van der Waals surface area contributed by atoms with Crippen LogP contribution in [-0.2, 0) is 20.8 Å². The number of hydrogen-bond acceptors (Lipinski definition) is 3. The minimum atomic E-state index is -1.47. The molecule has 0 saturated heterocycles. The number of hydrogen-bond donors (Lipinski definition) is 3. The molecule has 0 fully saturated rings. The highest BCUT2D eigenvalue weighted by Crippen LogP contribution is 2.22. The van der Waals surface area contributed by atoms with Crippen molar-refractivity contribution in [1.29, 1.82) is 0 Å². The molecule has 108 valence electrons. The minimum Gasteiger partial charge on any atom is -0.481 e. The molecule has 1 atom stereocenters. The van der Waals surface area contributed by atoms with E-state index >= 15 is 0 Å². The van der Waals surface area contributed by atoms with Crippen molar-refractivity contribution in [2.45, 2.75) is 18.9 Å². The summed E-state index contributed by atoms with van der Waals surface area (Å²) in [6, 6.07) is 3.10. The maximum atomic E-state index is 11.7. The first-order chi connectivity index (χ1) is 9.29. The fourth-order valence-corrected chi connectivity index (χ4v) is 1.78. The summed E-state index contributed by atoms with van der Waals surface area (Å²) < 4.78 is 0. The molecule has 20 heavy (non-hydrogen) atoms. The summed E-state index contributed by atoms with van der Waals surface area (Å²) in [5, 5.41) is 20.1. The van der Waals surface area contributed by atoms with E-state index in [2.05, 4.69) is 5.32 Å². The fraction of sp³-hybridized carbons (Fsp3) is 0.250. The molecule has 0 bridgehead atoms. The third kappa shape index (κ3) is 5.07. The number of amides is 1. The van der Waals surface area contributed by atoms with Crippen molar-refractivity contribution in [2.24, 2.45) is 0 Å². The summed E-state index contributed by atoms with van der Waals surface area (Å²) in [7, 11) is 0. The SMILES string of the molecule is O=C(O)C[C@H](NC(=O)Cc1ccc(Cl)c(Cl)c1)C(=O)O.